The third-order valence-electron chi connectivity index (χ3n) is 3.95. The Morgan fingerprint density at radius 2 is 1.60 bits per heavy atom. The van der Waals surface area contributed by atoms with Gasteiger partial charge in [-0.1, -0.05) is 29.8 Å². The van der Waals surface area contributed by atoms with Crippen molar-refractivity contribution in [3.05, 3.63) is 64.2 Å². The van der Waals surface area contributed by atoms with Gasteiger partial charge in [0.05, 0.1) is 12.6 Å². The lowest BCUT2D eigenvalue weighted by Crippen LogP contribution is -2.36. The van der Waals surface area contributed by atoms with E-state index in [2.05, 4.69) is 52.0 Å². The molecule has 0 aliphatic rings. The lowest BCUT2D eigenvalue weighted by atomic mass is 9.80. The van der Waals surface area contributed by atoms with Crippen molar-refractivity contribution in [3.8, 4) is 5.75 Å². The highest BCUT2D eigenvalue weighted by atomic mass is 16.5. The van der Waals surface area contributed by atoms with Crippen LogP contribution in [0.15, 0.2) is 36.4 Å². The molecule has 1 unspecified atom stereocenters. The fraction of sp³-hybridized carbons (Fsp3) is 0.333. The molecule has 20 heavy (non-hydrogen) atoms. The van der Waals surface area contributed by atoms with E-state index in [9.17, 15) is 0 Å². The minimum atomic E-state index is -0.507. The molecule has 2 aromatic rings. The first-order chi connectivity index (χ1) is 9.36. The fourth-order valence-corrected chi connectivity index (χ4v) is 2.79. The molecule has 1 atom stereocenters. The molecule has 0 heterocycles. The molecular formula is C18H23NO. The van der Waals surface area contributed by atoms with Crippen molar-refractivity contribution in [2.75, 3.05) is 7.11 Å². The third-order valence-corrected chi connectivity index (χ3v) is 3.95. The van der Waals surface area contributed by atoms with Crippen molar-refractivity contribution in [1.82, 2.24) is 0 Å². The van der Waals surface area contributed by atoms with Gasteiger partial charge in [-0.05, 0) is 62.1 Å². The summed E-state index contributed by atoms with van der Waals surface area (Å²) in [6, 6.07) is 12.5. The second-order valence-corrected chi connectivity index (χ2v) is 5.70. The summed E-state index contributed by atoms with van der Waals surface area (Å²) >= 11 is 0. The molecule has 2 N–H and O–H groups in total. The molecule has 2 aromatic carbocycles. The molecule has 0 aliphatic heterocycles. The largest absolute Gasteiger partial charge is 0.497 e. The van der Waals surface area contributed by atoms with Crippen molar-refractivity contribution in [2.45, 2.75) is 33.2 Å². The summed E-state index contributed by atoms with van der Waals surface area (Å²) in [4.78, 5) is 0. The van der Waals surface area contributed by atoms with Gasteiger partial charge in [-0.15, -0.1) is 0 Å². The highest BCUT2D eigenvalue weighted by Gasteiger charge is 2.27. The van der Waals surface area contributed by atoms with Gasteiger partial charge in [0.2, 0.25) is 0 Å². The number of benzene rings is 2. The molecule has 0 amide bonds. The van der Waals surface area contributed by atoms with Crippen LogP contribution in [0.4, 0.5) is 0 Å². The van der Waals surface area contributed by atoms with Crippen LogP contribution < -0.4 is 10.5 Å². The van der Waals surface area contributed by atoms with Crippen LogP contribution in [-0.2, 0) is 5.54 Å². The van der Waals surface area contributed by atoms with E-state index in [0.717, 1.165) is 16.9 Å². The van der Waals surface area contributed by atoms with E-state index in [4.69, 9.17) is 10.5 Å². The summed E-state index contributed by atoms with van der Waals surface area (Å²) in [6.45, 7) is 8.36. The smallest absolute Gasteiger partial charge is 0.119 e. The van der Waals surface area contributed by atoms with E-state index in [1.54, 1.807) is 7.11 Å². The topological polar surface area (TPSA) is 35.2 Å². The van der Waals surface area contributed by atoms with E-state index in [0.29, 0.717) is 0 Å². The zero-order valence-corrected chi connectivity index (χ0v) is 12.9. The molecule has 0 bridgehead atoms. The van der Waals surface area contributed by atoms with E-state index in [1.165, 1.54) is 16.7 Å². The number of methoxy groups -OCH3 is 1. The molecule has 0 spiro atoms. The molecular weight excluding hydrogens is 246 g/mol. The van der Waals surface area contributed by atoms with Gasteiger partial charge in [0, 0.05) is 0 Å². The summed E-state index contributed by atoms with van der Waals surface area (Å²) < 4.78 is 5.27. The van der Waals surface area contributed by atoms with Crippen molar-refractivity contribution < 1.29 is 4.74 Å². The molecule has 2 nitrogen and oxygen atoms in total. The van der Waals surface area contributed by atoms with Crippen LogP contribution in [0.1, 0.15) is 34.7 Å². The standard InChI is InChI=1S/C18H23NO/c1-12-6-7-13(2)17(10-12)18(4,19)16-9-8-15(20-5)11-14(16)3/h6-11H,19H2,1-5H3. The first kappa shape index (κ1) is 14.6. The Kier molecular flexibility index (Phi) is 3.87. The first-order valence-corrected chi connectivity index (χ1v) is 6.88. The normalized spacial score (nSPS) is 13.9. The van der Waals surface area contributed by atoms with Crippen molar-refractivity contribution in [3.63, 3.8) is 0 Å². The quantitative estimate of drug-likeness (QED) is 0.918. The summed E-state index contributed by atoms with van der Waals surface area (Å²) in [6.07, 6.45) is 0. The van der Waals surface area contributed by atoms with E-state index >= 15 is 0 Å². The van der Waals surface area contributed by atoms with Gasteiger partial charge in [0.25, 0.3) is 0 Å². The number of aryl methyl sites for hydroxylation is 3. The van der Waals surface area contributed by atoms with E-state index in [1.807, 2.05) is 12.1 Å². The summed E-state index contributed by atoms with van der Waals surface area (Å²) in [5.41, 5.74) is 12.1. The molecule has 0 fully saturated rings. The second-order valence-electron chi connectivity index (χ2n) is 5.70. The molecule has 0 radical (unpaired) electrons. The van der Waals surface area contributed by atoms with Crippen LogP contribution in [0.25, 0.3) is 0 Å². The van der Waals surface area contributed by atoms with Gasteiger partial charge in [0.15, 0.2) is 0 Å². The Morgan fingerprint density at radius 3 is 2.20 bits per heavy atom. The van der Waals surface area contributed by atoms with Crippen LogP contribution in [0, 0.1) is 20.8 Å². The predicted octanol–water partition coefficient (Wildman–Crippen LogP) is 3.84. The Balaban J connectivity index is 2.57. The molecule has 106 valence electrons. The first-order valence-electron chi connectivity index (χ1n) is 6.88. The SMILES string of the molecule is COc1ccc(C(C)(N)c2cc(C)ccc2C)c(C)c1. The molecule has 0 saturated carbocycles. The average molecular weight is 269 g/mol. The van der Waals surface area contributed by atoms with Crippen LogP contribution >= 0.6 is 0 Å². The summed E-state index contributed by atoms with van der Waals surface area (Å²) in [5.74, 6) is 0.864. The Hall–Kier alpha value is -1.80. The maximum atomic E-state index is 6.68. The van der Waals surface area contributed by atoms with Gasteiger partial charge in [0.1, 0.15) is 5.75 Å². The van der Waals surface area contributed by atoms with Crippen molar-refractivity contribution in [2.24, 2.45) is 5.73 Å². The van der Waals surface area contributed by atoms with Crippen molar-refractivity contribution in [1.29, 1.82) is 0 Å². The molecule has 0 aliphatic carbocycles. The number of hydrogen-bond donors (Lipinski definition) is 1. The number of nitrogens with two attached hydrogens (primary N) is 1. The van der Waals surface area contributed by atoms with Crippen LogP contribution in [0.3, 0.4) is 0 Å². The Labute approximate surface area is 121 Å². The fourth-order valence-electron chi connectivity index (χ4n) is 2.79. The highest BCUT2D eigenvalue weighted by Crippen LogP contribution is 2.33. The highest BCUT2D eigenvalue weighted by molar-refractivity contribution is 5.47. The molecule has 0 aromatic heterocycles. The molecule has 2 rings (SSSR count). The van der Waals surface area contributed by atoms with E-state index < -0.39 is 5.54 Å². The maximum Gasteiger partial charge on any atom is 0.119 e. The minimum absolute atomic E-state index is 0.507. The average Bonchev–Trinajstić information content (AvgIpc) is 2.40. The van der Waals surface area contributed by atoms with Gasteiger partial charge in [-0.2, -0.15) is 0 Å². The number of hydrogen-bond acceptors (Lipinski definition) is 2. The lowest BCUT2D eigenvalue weighted by Gasteiger charge is -2.30. The van der Waals surface area contributed by atoms with Crippen LogP contribution in [-0.4, -0.2) is 7.11 Å². The van der Waals surface area contributed by atoms with Crippen LogP contribution in [0.5, 0.6) is 5.75 Å². The third kappa shape index (κ3) is 2.56. The van der Waals surface area contributed by atoms with Gasteiger partial charge >= 0.3 is 0 Å². The number of ether oxygens (including phenoxy) is 1. The molecule has 2 heteroatoms. The Morgan fingerprint density at radius 1 is 0.900 bits per heavy atom. The number of rotatable bonds is 3. The van der Waals surface area contributed by atoms with Gasteiger partial charge in [-0.25, -0.2) is 0 Å². The lowest BCUT2D eigenvalue weighted by molar-refractivity contribution is 0.414. The van der Waals surface area contributed by atoms with Crippen LogP contribution in [0.2, 0.25) is 0 Å². The monoisotopic (exact) mass is 269 g/mol. The molecule has 0 saturated heterocycles. The second kappa shape index (κ2) is 5.29. The summed E-state index contributed by atoms with van der Waals surface area (Å²) in [7, 11) is 1.68. The zero-order valence-electron chi connectivity index (χ0n) is 12.9. The Bertz CT molecular complexity index is 629. The van der Waals surface area contributed by atoms with Crippen molar-refractivity contribution >= 4 is 0 Å². The predicted molar refractivity (Wildman–Crippen MR) is 84.3 cm³/mol. The maximum absolute atomic E-state index is 6.68. The summed E-state index contributed by atoms with van der Waals surface area (Å²) in [5, 5.41) is 0. The van der Waals surface area contributed by atoms with E-state index in [-0.39, 0.29) is 0 Å². The zero-order chi connectivity index (χ0) is 14.9. The minimum Gasteiger partial charge on any atom is -0.497 e. The van der Waals surface area contributed by atoms with Gasteiger partial charge < -0.3 is 10.5 Å². The van der Waals surface area contributed by atoms with Gasteiger partial charge in [-0.3, -0.25) is 0 Å².